The number of phenolic OH excluding ortho intramolecular Hbond substituents is 1. The van der Waals surface area contributed by atoms with E-state index >= 15 is 0 Å². The first-order chi connectivity index (χ1) is 15.4. The van der Waals surface area contributed by atoms with Crippen molar-refractivity contribution in [3.8, 4) is 11.5 Å². The molecule has 2 N–H and O–H groups in total. The smallest absolute Gasteiger partial charge is 0.279 e. The van der Waals surface area contributed by atoms with Crippen molar-refractivity contribution in [2.75, 3.05) is 11.9 Å². The summed E-state index contributed by atoms with van der Waals surface area (Å²) in [6.07, 6.45) is 0.121. The lowest BCUT2D eigenvalue weighted by atomic mass is 9.86. The van der Waals surface area contributed by atoms with Crippen LogP contribution in [0.3, 0.4) is 0 Å². The summed E-state index contributed by atoms with van der Waals surface area (Å²) in [5, 5.41) is 13.4. The van der Waals surface area contributed by atoms with Crippen molar-refractivity contribution in [1.82, 2.24) is 9.55 Å². The van der Waals surface area contributed by atoms with Gasteiger partial charge in [-0.25, -0.2) is 0 Å². The van der Waals surface area contributed by atoms with Gasteiger partial charge in [-0.1, -0.05) is 47.7 Å². The maximum atomic E-state index is 13.1. The Kier molecular flexibility index (Phi) is 6.23. The molecule has 4 rings (SSSR count). The average Bonchev–Trinajstić information content (AvgIpc) is 2.77. The van der Waals surface area contributed by atoms with Crippen molar-refractivity contribution in [3.05, 3.63) is 75.1 Å². The summed E-state index contributed by atoms with van der Waals surface area (Å²) >= 11 is 1.45. The molecular weight excluding hydrogens is 426 g/mol. The number of hydrogen-bond donors (Lipinski definition) is 2. The monoisotopic (exact) mass is 451 g/mol. The van der Waals surface area contributed by atoms with Crippen molar-refractivity contribution in [2.45, 2.75) is 37.1 Å². The number of ether oxygens (including phenoxy) is 1. The molecule has 8 heteroatoms. The second-order valence-corrected chi connectivity index (χ2v) is 8.70. The van der Waals surface area contributed by atoms with Crippen LogP contribution in [0, 0.1) is 6.92 Å². The Bertz CT molecular complexity index is 1220. The van der Waals surface area contributed by atoms with E-state index < -0.39 is 5.92 Å². The van der Waals surface area contributed by atoms with Gasteiger partial charge in [0.15, 0.2) is 16.7 Å². The number of phenols is 1. The minimum atomic E-state index is -0.471. The Morgan fingerprint density at radius 3 is 2.69 bits per heavy atom. The highest BCUT2D eigenvalue weighted by molar-refractivity contribution is 7.98. The standard InChI is InChI=1S/C24H25N3O4S/c1-4-31-19-11-16(9-10-18(19)28)17-12-20(29)25-22-21(17)23(30)26-24(27(22)3)32-13-15-7-5-14(2)6-8-15/h5-11,17,28H,4,12-13H2,1-3H3,(H,25,29)/t17-/m0/s1. The summed E-state index contributed by atoms with van der Waals surface area (Å²) in [4.78, 5) is 30.0. The maximum absolute atomic E-state index is 13.1. The first-order valence-electron chi connectivity index (χ1n) is 10.4. The highest BCUT2D eigenvalue weighted by Crippen LogP contribution is 2.39. The van der Waals surface area contributed by atoms with Gasteiger partial charge in [-0.15, -0.1) is 0 Å². The van der Waals surface area contributed by atoms with Crippen LogP contribution < -0.4 is 15.6 Å². The molecular formula is C24H25N3O4S. The molecule has 0 saturated heterocycles. The van der Waals surface area contributed by atoms with Crippen molar-refractivity contribution >= 4 is 23.5 Å². The largest absolute Gasteiger partial charge is 0.504 e. The van der Waals surface area contributed by atoms with Crippen molar-refractivity contribution < 1.29 is 14.6 Å². The molecule has 1 aliphatic rings. The van der Waals surface area contributed by atoms with Gasteiger partial charge in [0, 0.05) is 25.1 Å². The summed E-state index contributed by atoms with van der Waals surface area (Å²) in [5.74, 6) is 0.818. The van der Waals surface area contributed by atoms with Crippen LogP contribution in [0.1, 0.15) is 41.5 Å². The number of nitrogens with one attached hydrogen (secondary N) is 1. The van der Waals surface area contributed by atoms with Crippen LogP contribution >= 0.6 is 11.8 Å². The number of carbonyl (C=O) groups excluding carboxylic acids is 1. The first kappa shape index (κ1) is 22.0. The van der Waals surface area contributed by atoms with Crippen molar-refractivity contribution in [3.63, 3.8) is 0 Å². The lowest BCUT2D eigenvalue weighted by Crippen LogP contribution is -2.33. The molecule has 2 aromatic carbocycles. The Labute approximate surface area is 190 Å². The minimum Gasteiger partial charge on any atom is -0.504 e. The number of thioether (sulfide) groups is 1. The number of fused-ring (bicyclic) bond motifs is 1. The molecule has 0 spiro atoms. The molecule has 0 fully saturated rings. The van der Waals surface area contributed by atoms with Gasteiger partial charge >= 0.3 is 0 Å². The molecule has 1 aromatic heterocycles. The predicted octanol–water partition coefficient (Wildman–Crippen LogP) is 3.96. The Hall–Kier alpha value is -3.26. The molecule has 3 aromatic rings. The first-order valence-corrected chi connectivity index (χ1v) is 11.4. The molecule has 32 heavy (non-hydrogen) atoms. The van der Waals surface area contributed by atoms with E-state index in [0.29, 0.717) is 34.6 Å². The third kappa shape index (κ3) is 4.36. The quantitative estimate of drug-likeness (QED) is 0.435. The third-order valence-corrected chi connectivity index (χ3v) is 6.58. The summed E-state index contributed by atoms with van der Waals surface area (Å²) in [7, 11) is 1.80. The highest BCUT2D eigenvalue weighted by Gasteiger charge is 2.32. The van der Waals surface area contributed by atoms with Crippen LogP contribution in [-0.2, 0) is 17.6 Å². The van der Waals surface area contributed by atoms with Crippen LogP contribution in [0.15, 0.2) is 52.4 Å². The molecule has 0 saturated carbocycles. The zero-order valence-corrected chi connectivity index (χ0v) is 19.0. The number of carbonyl (C=O) groups is 1. The van der Waals surface area contributed by atoms with E-state index in [1.54, 1.807) is 23.7 Å². The van der Waals surface area contributed by atoms with Crippen LogP contribution in [0.4, 0.5) is 5.82 Å². The molecule has 166 valence electrons. The number of benzene rings is 2. The lowest BCUT2D eigenvalue weighted by Gasteiger charge is -2.27. The fraction of sp³-hybridized carbons (Fsp3) is 0.292. The molecule has 7 nitrogen and oxygen atoms in total. The van der Waals surface area contributed by atoms with Crippen LogP contribution in [0.25, 0.3) is 0 Å². The van der Waals surface area contributed by atoms with Gasteiger partial charge in [-0.3, -0.25) is 9.59 Å². The number of aryl methyl sites for hydroxylation is 1. The third-order valence-electron chi connectivity index (χ3n) is 5.48. The molecule has 0 aliphatic carbocycles. The number of anilines is 1. The van der Waals surface area contributed by atoms with E-state index in [4.69, 9.17) is 4.74 Å². The Morgan fingerprint density at radius 2 is 1.97 bits per heavy atom. The van der Waals surface area contributed by atoms with E-state index in [1.807, 2.05) is 26.0 Å². The van der Waals surface area contributed by atoms with E-state index in [1.165, 1.54) is 23.4 Å². The van der Waals surface area contributed by atoms with E-state index in [2.05, 4.69) is 22.4 Å². The molecule has 1 amide bonds. The van der Waals surface area contributed by atoms with Crippen molar-refractivity contribution in [2.24, 2.45) is 7.05 Å². The topological polar surface area (TPSA) is 93.5 Å². The predicted molar refractivity (Wildman–Crippen MR) is 125 cm³/mol. The van der Waals surface area contributed by atoms with E-state index in [0.717, 1.165) is 11.1 Å². The van der Waals surface area contributed by atoms with Crippen LogP contribution in [0.2, 0.25) is 0 Å². The van der Waals surface area contributed by atoms with E-state index in [9.17, 15) is 14.7 Å². The number of rotatable bonds is 6. The molecule has 0 radical (unpaired) electrons. The fourth-order valence-electron chi connectivity index (χ4n) is 3.80. The second-order valence-electron chi connectivity index (χ2n) is 7.76. The van der Waals surface area contributed by atoms with Crippen LogP contribution in [0.5, 0.6) is 11.5 Å². The summed E-state index contributed by atoms with van der Waals surface area (Å²) < 4.78 is 7.25. The summed E-state index contributed by atoms with van der Waals surface area (Å²) in [6, 6.07) is 13.1. The molecule has 1 aliphatic heterocycles. The zero-order valence-electron chi connectivity index (χ0n) is 18.2. The van der Waals surface area contributed by atoms with Gasteiger partial charge in [-0.2, -0.15) is 4.98 Å². The molecule has 1 atom stereocenters. The van der Waals surface area contributed by atoms with Gasteiger partial charge < -0.3 is 19.7 Å². The lowest BCUT2D eigenvalue weighted by molar-refractivity contribution is -0.116. The fourth-order valence-corrected chi connectivity index (χ4v) is 4.72. The summed E-state index contributed by atoms with van der Waals surface area (Å²) in [5.41, 5.74) is 3.12. The number of aromatic hydroxyl groups is 1. The average molecular weight is 452 g/mol. The van der Waals surface area contributed by atoms with Crippen molar-refractivity contribution in [1.29, 1.82) is 0 Å². The maximum Gasteiger partial charge on any atom is 0.279 e. The van der Waals surface area contributed by atoms with Gasteiger partial charge in [0.25, 0.3) is 5.56 Å². The van der Waals surface area contributed by atoms with Gasteiger partial charge in [0.05, 0.1) is 12.2 Å². The highest BCUT2D eigenvalue weighted by atomic mass is 32.2. The van der Waals surface area contributed by atoms with Gasteiger partial charge in [0.2, 0.25) is 5.91 Å². The number of amides is 1. The number of aromatic nitrogens is 2. The zero-order chi connectivity index (χ0) is 22.8. The number of nitrogens with zero attached hydrogens (tertiary/aromatic N) is 2. The SMILES string of the molecule is CCOc1cc([C@@H]2CC(=O)Nc3c2c(=O)nc(SCc2ccc(C)cc2)n3C)ccc1O. The van der Waals surface area contributed by atoms with Crippen LogP contribution in [-0.4, -0.2) is 27.2 Å². The second kappa shape index (κ2) is 9.08. The molecule has 0 unspecified atom stereocenters. The molecule has 0 bridgehead atoms. The normalized spacial score (nSPS) is 15.2. The minimum absolute atomic E-state index is 0.0185. The Balaban J connectivity index is 1.70. The molecule has 2 heterocycles. The van der Waals surface area contributed by atoms with Gasteiger partial charge in [0.1, 0.15) is 5.82 Å². The van der Waals surface area contributed by atoms with E-state index in [-0.39, 0.29) is 23.6 Å². The summed E-state index contributed by atoms with van der Waals surface area (Å²) in [6.45, 7) is 4.25. The number of hydrogen-bond acceptors (Lipinski definition) is 6. The Morgan fingerprint density at radius 1 is 1.22 bits per heavy atom. The van der Waals surface area contributed by atoms with Gasteiger partial charge in [-0.05, 0) is 37.1 Å².